The van der Waals surface area contributed by atoms with Crippen molar-refractivity contribution >= 4 is 11.8 Å². The Morgan fingerprint density at radius 1 is 1.33 bits per heavy atom. The van der Waals surface area contributed by atoms with E-state index in [-0.39, 0.29) is 18.4 Å². The van der Waals surface area contributed by atoms with Gasteiger partial charge in [0.25, 0.3) is 5.91 Å². The van der Waals surface area contributed by atoms with E-state index < -0.39 is 5.91 Å². The van der Waals surface area contributed by atoms with Crippen molar-refractivity contribution in [2.45, 2.75) is 20.4 Å². The van der Waals surface area contributed by atoms with Crippen molar-refractivity contribution in [2.24, 2.45) is 11.7 Å². The number of amides is 2. The van der Waals surface area contributed by atoms with Crippen molar-refractivity contribution in [1.29, 1.82) is 0 Å². The van der Waals surface area contributed by atoms with Crippen LogP contribution in [0.1, 0.15) is 29.9 Å². The summed E-state index contributed by atoms with van der Waals surface area (Å²) in [5, 5.41) is 0. The average Bonchev–Trinajstić information content (AvgIpc) is 2.54. The summed E-state index contributed by atoms with van der Waals surface area (Å²) in [4.78, 5) is 31.8. The largest absolute Gasteiger partial charge is 0.379 e. The first-order valence-electron chi connectivity index (χ1n) is 8.28. The Bertz CT molecular complexity index is 553. The summed E-state index contributed by atoms with van der Waals surface area (Å²) in [7, 11) is 0. The highest BCUT2D eigenvalue weighted by Crippen LogP contribution is 2.10. The predicted octanol–water partition coefficient (Wildman–Crippen LogP) is 0.497. The van der Waals surface area contributed by atoms with E-state index in [1.165, 1.54) is 4.90 Å². The summed E-state index contributed by atoms with van der Waals surface area (Å²) in [5.74, 6) is -0.540. The van der Waals surface area contributed by atoms with Gasteiger partial charge in [0.1, 0.15) is 5.69 Å². The second-order valence-corrected chi connectivity index (χ2v) is 6.49. The van der Waals surface area contributed by atoms with Gasteiger partial charge in [-0.05, 0) is 17.5 Å². The second-order valence-electron chi connectivity index (χ2n) is 6.49. The Balaban J connectivity index is 2.01. The zero-order valence-corrected chi connectivity index (χ0v) is 14.4. The minimum absolute atomic E-state index is 0.0891. The summed E-state index contributed by atoms with van der Waals surface area (Å²) in [6, 6.07) is 3.62. The van der Waals surface area contributed by atoms with Gasteiger partial charge in [-0.25, -0.2) is 0 Å². The lowest BCUT2D eigenvalue weighted by atomic mass is 10.2. The van der Waals surface area contributed by atoms with E-state index in [4.69, 9.17) is 10.5 Å². The van der Waals surface area contributed by atoms with E-state index in [9.17, 15) is 9.59 Å². The highest BCUT2D eigenvalue weighted by molar-refractivity contribution is 5.94. The quantitative estimate of drug-likeness (QED) is 0.784. The number of rotatable bonds is 7. The van der Waals surface area contributed by atoms with Crippen molar-refractivity contribution in [1.82, 2.24) is 14.8 Å². The number of nitrogens with zero attached hydrogens (tertiary/aromatic N) is 3. The molecule has 0 unspecified atom stereocenters. The van der Waals surface area contributed by atoms with E-state index in [1.54, 1.807) is 12.3 Å². The molecule has 2 amide bonds. The molecule has 0 atom stereocenters. The third-order valence-electron chi connectivity index (χ3n) is 3.77. The highest BCUT2D eigenvalue weighted by Gasteiger charge is 2.20. The first-order valence-corrected chi connectivity index (χ1v) is 8.28. The summed E-state index contributed by atoms with van der Waals surface area (Å²) in [6.45, 7) is 8.46. The number of nitrogens with two attached hydrogens (primary N) is 1. The Morgan fingerprint density at radius 3 is 2.58 bits per heavy atom. The Labute approximate surface area is 142 Å². The molecule has 7 nitrogen and oxygen atoms in total. The van der Waals surface area contributed by atoms with Gasteiger partial charge >= 0.3 is 0 Å². The lowest BCUT2D eigenvalue weighted by molar-refractivity contribution is -0.118. The van der Waals surface area contributed by atoms with Crippen molar-refractivity contribution < 1.29 is 14.3 Å². The Morgan fingerprint density at radius 2 is 2.04 bits per heavy atom. The van der Waals surface area contributed by atoms with Crippen molar-refractivity contribution in [3.8, 4) is 0 Å². The molecule has 7 heteroatoms. The smallest absolute Gasteiger partial charge is 0.272 e. The number of carbonyl (C=O) groups is 2. The van der Waals surface area contributed by atoms with E-state index in [1.807, 2.05) is 19.9 Å². The zero-order valence-electron chi connectivity index (χ0n) is 14.4. The number of pyridine rings is 1. The Kier molecular flexibility index (Phi) is 6.69. The monoisotopic (exact) mass is 334 g/mol. The lowest BCUT2D eigenvalue weighted by Gasteiger charge is -2.26. The summed E-state index contributed by atoms with van der Waals surface area (Å²) >= 11 is 0. The van der Waals surface area contributed by atoms with Crippen LogP contribution in [0.3, 0.4) is 0 Å². The van der Waals surface area contributed by atoms with Gasteiger partial charge in [-0.1, -0.05) is 19.9 Å². The van der Waals surface area contributed by atoms with Crippen LogP contribution >= 0.6 is 0 Å². The molecule has 132 valence electrons. The molecule has 0 aromatic carbocycles. The second kappa shape index (κ2) is 8.75. The fourth-order valence-electron chi connectivity index (χ4n) is 2.67. The lowest BCUT2D eigenvalue weighted by Crippen LogP contribution is -2.41. The van der Waals surface area contributed by atoms with Crippen molar-refractivity contribution in [3.63, 3.8) is 0 Å². The van der Waals surface area contributed by atoms with Crippen LogP contribution in [0.5, 0.6) is 0 Å². The normalized spacial score (nSPS) is 15.5. The molecular formula is C17H26N4O3. The third kappa shape index (κ3) is 5.58. The van der Waals surface area contributed by atoms with E-state index in [2.05, 4.69) is 9.88 Å². The van der Waals surface area contributed by atoms with Crippen LogP contribution in [-0.4, -0.2) is 66.0 Å². The maximum absolute atomic E-state index is 12.5. The molecule has 1 fully saturated rings. The molecule has 1 saturated heterocycles. The number of ether oxygens (including phenoxy) is 1. The van der Waals surface area contributed by atoms with Gasteiger partial charge in [0, 0.05) is 32.4 Å². The van der Waals surface area contributed by atoms with E-state index >= 15 is 0 Å². The molecule has 1 aromatic heterocycles. The molecule has 0 spiro atoms. The highest BCUT2D eigenvalue weighted by atomic mass is 16.5. The van der Waals surface area contributed by atoms with Gasteiger partial charge in [-0.15, -0.1) is 0 Å². The molecule has 24 heavy (non-hydrogen) atoms. The van der Waals surface area contributed by atoms with Crippen LogP contribution in [-0.2, 0) is 16.1 Å². The van der Waals surface area contributed by atoms with Gasteiger partial charge in [-0.2, -0.15) is 0 Å². The molecule has 2 heterocycles. The summed E-state index contributed by atoms with van der Waals surface area (Å²) in [6.07, 6.45) is 1.72. The maximum Gasteiger partial charge on any atom is 0.272 e. The van der Waals surface area contributed by atoms with Crippen LogP contribution in [0.2, 0.25) is 0 Å². The standard InChI is InChI=1S/C17H26N4O3/c1-13(2)10-21(12-16(18)22)17(23)15-4-3-14(9-19-15)11-20-5-7-24-8-6-20/h3-4,9,13H,5-8,10-12H2,1-2H3,(H2,18,22). The zero-order chi connectivity index (χ0) is 17.5. The molecule has 2 rings (SSSR count). The van der Waals surface area contributed by atoms with E-state index in [0.717, 1.165) is 38.4 Å². The number of aromatic nitrogens is 1. The average molecular weight is 334 g/mol. The molecule has 0 aliphatic carbocycles. The predicted molar refractivity (Wildman–Crippen MR) is 90.3 cm³/mol. The minimum atomic E-state index is -0.520. The van der Waals surface area contributed by atoms with Gasteiger partial charge in [-0.3, -0.25) is 19.5 Å². The van der Waals surface area contributed by atoms with Crippen molar-refractivity contribution in [2.75, 3.05) is 39.4 Å². The molecule has 1 aromatic rings. The van der Waals surface area contributed by atoms with Crippen molar-refractivity contribution in [3.05, 3.63) is 29.6 Å². The molecule has 0 radical (unpaired) electrons. The van der Waals surface area contributed by atoms with Crippen LogP contribution < -0.4 is 5.73 Å². The molecular weight excluding hydrogens is 308 g/mol. The maximum atomic E-state index is 12.5. The van der Waals surface area contributed by atoms with Crippen LogP contribution in [0, 0.1) is 5.92 Å². The first kappa shape index (κ1) is 18.4. The van der Waals surface area contributed by atoms with Gasteiger partial charge in [0.15, 0.2) is 0 Å². The molecule has 0 bridgehead atoms. The number of primary amides is 1. The fraction of sp³-hybridized carbons (Fsp3) is 0.588. The number of hydrogen-bond acceptors (Lipinski definition) is 5. The topological polar surface area (TPSA) is 88.8 Å². The van der Waals surface area contributed by atoms with E-state index in [0.29, 0.717) is 12.2 Å². The Hall–Kier alpha value is -1.99. The molecule has 0 saturated carbocycles. The molecule has 1 aliphatic heterocycles. The summed E-state index contributed by atoms with van der Waals surface area (Å²) in [5.41, 5.74) is 6.63. The minimum Gasteiger partial charge on any atom is -0.379 e. The number of morpholine rings is 1. The number of hydrogen-bond donors (Lipinski definition) is 1. The SMILES string of the molecule is CC(C)CN(CC(N)=O)C(=O)c1ccc(CN2CCOCC2)cn1. The molecule has 2 N–H and O–H groups in total. The third-order valence-corrected chi connectivity index (χ3v) is 3.77. The first-order chi connectivity index (χ1) is 11.5. The van der Waals surface area contributed by atoms with Gasteiger partial charge in [0.2, 0.25) is 5.91 Å². The fourth-order valence-corrected chi connectivity index (χ4v) is 2.67. The molecule has 1 aliphatic rings. The van der Waals surface area contributed by atoms with Gasteiger partial charge < -0.3 is 15.4 Å². The summed E-state index contributed by atoms with van der Waals surface area (Å²) < 4.78 is 5.33. The van der Waals surface area contributed by atoms with Gasteiger partial charge in [0.05, 0.1) is 19.8 Å². The van der Waals surface area contributed by atoms with Crippen LogP contribution in [0.15, 0.2) is 18.3 Å². The number of carbonyl (C=O) groups excluding carboxylic acids is 2. The van der Waals surface area contributed by atoms with Crippen LogP contribution in [0.25, 0.3) is 0 Å². The van der Waals surface area contributed by atoms with Crippen LogP contribution in [0.4, 0.5) is 0 Å².